The molecule has 2 amide bonds. The number of aromatic nitrogens is 4. The second-order valence-electron chi connectivity index (χ2n) is 9.21. The zero-order chi connectivity index (χ0) is 28.6. The molecule has 3 aromatic heterocycles. The molecule has 15 heteroatoms. The van der Waals surface area contributed by atoms with Gasteiger partial charge in [0.05, 0.1) is 17.9 Å². The number of carboxylic acid groups (broad SMARTS) is 1. The lowest BCUT2D eigenvalue weighted by Crippen LogP contribution is -2.72. The lowest BCUT2D eigenvalue weighted by atomic mass is 9.96. The van der Waals surface area contributed by atoms with Crippen molar-refractivity contribution in [2.45, 2.75) is 50.6 Å². The van der Waals surface area contributed by atoms with E-state index in [9.17, 15) is 19.5 Å². The van der Waals surface area contributed by atoms with Gasteiger partial charge in [-0.05, 0) is 23.5 Å². The number of thiazole rings is 1. The third kappa shape index (κ3) is 4.79. The van der Waals surface area contributed by atoms with Crippen LogP contribution in [-0.4, -0.2) is 67.6 Å². The monoisotopic (exact) mass is 584 g/mol. The Kier molecular flexibility index (Phi) is 7.76. The highest BCUT2D eigenvalue weighted by Crippen LogP contribution is 2.43. The highest BCUT2D eigenvalue weighted by Gasteiger charge is 2.54. The molecule has 0 bridgehead atoms. The van der Waals surface area contributed by atoms with E-state index >= 15 is 0 Å². The number of hydrogen-bond acceptors (Lipinski definition) is 11. The van der Waals surface area contributed by atoms with E-state index in [4.69, 9.17) is 15.6 Å². The number of carbonyl (C=O) groups is 3. The lowest BCUT2D eigenvalue weighted by molar-refractivity contribution is -0.692. The molecule has 210 valence electrons. The summed E-state index contributed by atoms with van der Waals surface area (Å²) >= 11 is 2.51. The smallest absolute Gasteiger partial charge is 0.349 e. The Bertz CT molecular complexity index is 1550. The average molecular weight is 585 g/mol. The number of pyridine rings is 1. The third-order valence-electron chi connectivity index (χ3n) is 6.79. The topological polar surface area (TPSA) is 183 Å². The van der Waals surface area contributed by atoms with Crippen molar-refractivity contribution >= 4 is 62.9 Å². The first-order valence-corrected chi connectivity index (χ1v) is 14.6. The lowest BCUT2D eigenvalue weighted by Gasteiger charge is -2.51. The van der Waals surface area contributed by atoms with Crippen molar-refractivity contribution in [2.24, 2.45) is 5.16 Å². The van der Waals surface area contributed by atoms with Gasteiger partial charge in [0.2, 0.25) is 5.82 Å². The van der Waals surface area contributed by atoms with E-state index in [0.29, 0.717) is 23.4 Å². The second-order valence-corrected chi connectivity index (χ2v) is 11.2. The van der Waals surface area contributed by atoms with Crippen LogP contribution in [0.1, 0.15) is 44.2 Å². The molecule has 4 N–H and O–H groups in total. The van der Waals surface area contributed by atoms with E-state index in [1.165, 1.54) is 23.8 Å². The van der Waals surface area contributed by atoms with Crippen LogP contribution >= 0.6 is 23.1 Å². The molecule has 1 fully saturated rings. The number of amides is 2. The number of nitrogens with zero attached hydrogens (tertiary/aromatic N) is 5. The first-order valence-electron chi connectivity index (χ1n) is 12.7. The van der Waals surface area contributed by atoms with Gasteiger partial charge in [0.15, 0.2) is 10.8 Å². The van der Waals surface area contributed by atoms with Crippen LogP contribution in [0.2, 0.25) is 0 Å². The fraction of sp³-hybridized carbons (Fsp3) is 0.400. The maximum atomic E-state index is 13.3. The number of hydrogen-bond donors (Lipinski definition) is 3. The number of aliphatic carboxylic acids is 1. The van der Waals surface area contributed by atoms with Crippen LogP contribution in [0.25, 0.3) is 11.2 Å². The summed E-state index contributed by atoms with van der Waals surface area (Å²) in [5.74, 6) is -1.53. The molecular weight excluding hydrogens is 556 g/mol. The number of anilines is 1. The van der Waals surface area contributed by atoms with Crippen molar-refractivity contribution in [1.82, 2.24) is 25.2 Å². The standard InChI is InChI=1S/C25H28N8O5S2/c1-4-7-15(32-9-6-8-13-20(32)29-16(5-2)27-13)12-10-39-23-18(22(35)33(23)19(12)24(36)37)30-21(34)17(31-38-3)14-11-40-25(26)28-14/h6,8-9,11,15,18,23H,4-5,7,10H2,1-3H3,(H4,26,28,30,34,36,37)/t15?,18?,23-/m0/s1. The molecule has 2 aliphatic rings. The minimum absolute atomic E-state index is 0.142. The predicted octanol–water partition coefficient (Wildman–Crippen LogP) is 0.247. The largest absolute Gasteiger partial charge is 0.543 e. The molecule has 3 aromatic rings. The minimum Gasteiger partial charge on any atom is -0.543 e. The molecule has 3 atom stereocenters. The fourth-order valence-corrected chi connectivity index (χ4v) is 6.97. The van der Waals surface area contributed by atoms with Crippen LogP contribution in [-0.2, 0) is 25.6 Å². The Morgan fingerprint density at radius 3 is 2.85 bits per heavy atom. The molecule has 0 saturated carbocycles. The second kappa shape index (κ2) is 11.3. The van der Waals surface area contributed by atoms with Gasteiger partial charge in [-0.3, -0.25) is 14.5 Å². The molecule has 2 aliphatic heterocycles. The number of carboxylic acids is 1. The van der Waals surface area contributed by atoms with Crippen molar-refractivity contribution in [3.63, 3.8) is 0 Å². The number of β-lactam (4-membered cyclic amide) rings is 1. The van der Waals surface area contributed by atoms with Crippen LogP contribution in [0.15, 0.2) is 40.1 Å². The molecule has 0 aliphatic carbocycles. The van der Waals surface area contributed by atoms with Crippen molar-refractivity contribution in [2.75, 3.05) is 18.6 Å². The van der Waals surface area contributed by atoms with E-state index in [0.717, 1.165) is 35.5 Å². The third-order valence-corrected chi connectivity index (χ3v) is 8.77. The number of H-pyrrole nitrogens is 1. The molecule has 5 rings (SSSR count). The number of aromatic amines is 1. The summed E-state index contributed by atoms with van der Waals surface area (Å²) in [5, 5.41) is 20.1. The molecule has 40 heavy (non-hydrogen) atoms. The SMILES string of the molecule is CCCC(C1=C(C(=O)[O-])N2C(=O)C(NC(=O)C(=NOC)c3csc(N)n3)[C@@H]2SC1)[n+]1cccc2[nH]c(CC)nc21. The number of thioether (sulfide) groups is 1. The number of oxime groups is 1. The Morgan fingerprint density at radius 1 is 1.40 bits per heavy atom. The number of nitrogens with two attached hydrogens (primary N) is 1. The van der Waals surface area contributed by atoms with Gasteiger partial charge in [-0.25, -0.2) is 9.55 Å². The molecule has 0 radical (unpaired) electrons. The summed E-state index contributed by atoms with van der Waals surface area (Å²) in [5.41, 5.74) is 7.71. The molecular formula is C25H28N8O5S2. The molecule has 0 spiro atoms. The molecule has 5 heterocycles. The van der Waals surface area contributed by atoms with E-state index in [1.54, 1.807) is 5.38 Å². The quantitative estimate of drug-likeness (QED) is 0.130. The fourth-order valence-electron chi connectivity index (χ4n) is 5.01. The van der Waals surface area contributed by atoms with E-state index in [1.807, 2.05) is 36.7 Å². The van der Waals surface area contributed by atoms with Gasteiger partial charge in [-0.15, -0.1) is 23.1 Å². The van der Waals surface area contributed by atoms with Gasteiger partial charge < -0.3 is 30.8 Å². The maximum absolute atomic E-state index is 13.3. The van der Waals surface area contributed by atoms with E-state index in [2.05, 4.69) is 20.4 Å². The number of aryl methyl sites for hydroxylation is 1. The van der Waals surface area contributed by atoms with Crippen LogP contribution in [0.3, 0.4) is 0 Å². The Morgan fingerprint density at radius 2 is 2.20 bits per heavy atom. The van der Waals surface area contributed by atoms with Crippen LogP contribution in [0.4, 0.5) is 5.13 Å². The maximum Gasteiger partial charge on any atom is 0.349 e. The Hall–Kier alpha value is -3.98. The number of nitrogen functional groups attached to an aromatic ring is 1. The van der Waals surface area contributed by atoms with E-state index < -0.39 is 29.2 Å². The van der Waals surface area contributed by atoms with Crippen LogP contribution in [0, 0.1) is 0 Å². The Balaban J connectivity index is 1.46. The summed E-state index contributed by atoms with van der Waals surface area (Å²) in [7, 11) is 1.28. The molecule has 0 aromatic carbocycles. The number of carbonyl (C=O) groups excluding carboxylic acids is 3. The van der Waals surface area contributed by atoms with Crippen molar-refractivity contribution in [1.29, 1.82) is 0 Å². The van der Waals surface area contributed by atoms with Crippen molar-refractivity contribution < 1.29 is 28.9 Å². The molecule has 13 nitrogen and oxygen atoms in total. The summed E-state index contributed by atoms with van der Waals surface area (Å²) in [6.07, 6.45) is 4.00. The zero-order valence-corrected chi connectivity index (χ0v) is 23.7. The van der Waals surface area contributed by atoms with Crippen LogP contribution in [0.5, 0.6) is 0 Å². The normalized spacial score (nSPS) is 19.8. The Labute approximate surface area is 237 Å². The van der Waals surface area contributed by atoms with Crippen molar-refractivity contribution in [3.8, 4) is 0 Å². The number of fused-ring (bicyclic) bond motifs is 2. The van der Waals surface area contributed by atoms with Gasteiger partial charge >= 0.3 is 5.65 Å². The molecule has 2 unspecified atom stereocenters. The van der Waals surface area contributed by atoms with Gasteiger partial charge in [-0.1, -0.05) is 25.4 Å². The number of rotatable bonds is 10. The zero-order valence-electron chi connectivity index (χ0n) is 22.0. The summed E-state index contributed by atoms with van der Waals surface area (Å²) < 4.78 is 1.96. The average Bonchev–Trinajstić information content (AvgIpc) is 3.58. The van der Waals surface area contributed by atoms with Crippen LogP contribution < -0.4 is 20.7 Å². The summed E-state index contributed by atoms with van der Waals surface area (Å²) in [6.45, 7) is 4.02. The first-order chi connectivity index (χ1) is 19.3. The summed E-state index contributed by atoms with van der Waals surface area (Å²) in [6, 6.07) is 2.48. The number of nitrogens with one attached hydrogen (secondary N) is 2. The van der Waals surface area contributed by atoms with Gasteiger partial charge in [-0.2, -0.15) is 0 Å². The first kappa shape index (κ1) is 27.6. The number of imidazole rings is 1. The van der Waals surface area contributed by atoms with E-state index in [-0.39, 0.29) is 28.3 Å². The predicted molar refractivity (Wildman–Crippen MR) is 147 cm³/mol. The van der Waals surface area contributed by atoms with Gasteiger partial charge in [0.25, 0.3) is 11.8 Å². The summed E-state index contributed by atoms with van der Waals surface area (Å²) in [4.78, 5) is 57.0. The van der Waals surface area contributed by atoms with Gasteiger partial charge in [0, 0.05) is 23.1 Å². The van der Waals surface area contributed by atoms with Gasteiger partial charge in [0.1, 0.15) is 35.8 Å². The highest BCUT2D eigenvalue weighted by atomic mass is 32.2. The highest BCUT2D eigenvalue weighted by molar-refractivity contribution is 8.00. The van der Waals surface area contributed by atoms with Crippen molar-refractivity contribution in [3.05, 3.63) is 46.5 Å². The molecule has 1 saturated heterocycles. The minimum atomic E-state index is -1.44.